The molecule has 1 aliphatic heterocycles. The van der Waals surface area contributed by atoms with Gasteiger partial charge in [0.15, 0.2) is 12.0 Å². The second-order valence-corrected chi connectivity index (χ2v) is 4.93. The van der Waals surface area contributed by atoms with E-state index in [4.69, 9.17) is 5.26 Å². The summed E-state index contributed by atoms with van der Waals surface area (Å²) < 4.78 is 0. The van der Waals surface area contributed by atoms with E-state index >= 15 is 0 Å². The quantitative estimate of drug-likeness (QED) is 0.615. The Morgan fingerprint density at radius 2 is 2.05 bits per heavy atom. The van der Waals surface area contributed by atoms with Crippen LogP contribution in [0.25, 0.3) is 0 Å². The van der Waals surface area contributed by atoms with Crippen LogP contribution in [0.5, 0.6) is 0 Å². The number of Topliss-reactive ketones (excluding diaryl/α,β-unsaturated/α-hetero) is 1. The largest absolute Gasteiger partial charge is 0.317 e. The summed E-state index contributed by atoms with van der Waals surface area (Å²) in [6, 6.07) is 9.44. The molecule has 0 unspecified atom stereocenters. The molecule has 0 spiro atoms. The molecule has 1 aromatic rings. The van der Waals surface area contributed by atoms with Crippen molar-refractivity contribution >= 4 is 5.78 Å². The minimum absolute atomic E-state index is 0.0795. The molecular weight excluding hydrogens is 238 g/mol. The molecule has 1 aromatic carbocycles. The fourth-order valence-electron chi connectivity index (χ4n) is 2.54. The van der Waals surface area contributed by atoms with Crippen LogP contribution in [-0.2, 0) is 11.2 Å². The molecule has 4 nitrogen and oxygen atoms in total. The van der Waals surface area contributed by atoms with Gasteiger partial charge in [0.05, 0.1) is 6.04 Å². The van der Waals surface area contributed by atoms with Gasteiger partial charge in [0.25, 0.3) is 0 Å². The van der Waals surface area contributed by atoms with E-state index in [0.29, 0.717) is 6.42 Å². The summed E-state index contributed by atoms with van der Waals surface area (Å²) in [5, 5.41) is 14.8. The zero-order valence-electron chi connectivity index (χ0n) is 10.9. The lowest BCUT2D eigenvalue weighted by molar-refractivity contribution is -0.125. The number of piperidine rings is 1. The average molecular weight is 257 g/mol. The van der Waals surface area contributed by atoms with Crippen molar-refractivity contribution in [1.29, 1.82) is 5.26 Å². The highest BCUT2D eigenvalue weighted by atomic mass is 16.1. The Hall–Kier alpha value is -1.86. The maximum atomic E-state index is 12.5. The minimum atomic E-state index is -0.393. The van der Waals surface area contributed by atoms with Crippen LogP contribution in [0.4, 0.5) is 0 Å². The Labute approximate surface area is 113 Å². The van der Waals surface area contributed by atoms with Crippen molar-refractivity contribution in [1.82, 2.24) is 10.6 Å². The summed E-state index contributed by atoms with van der Waals surface area (Å²) in [6.45, 7) is 1.78. The maximum absolute atomic E-state index is 12.5. The van der Waals surface area contributed by atoms with Gasteiger partial charge < -0.3 is 10.6 Å². The summed E-state index contributed by atoms with van der Waals surface area (Å²) in [5.74, 6) is 0.253. The Bertz CT molecular complexity index is 446. The molecule has 100 valence electrons. The normalized spacial score (nSPS) is 17.4. The van der Waals surface area contributed by atoms with Gasteiger partial charge >= 0.3 is 0 Å². The molecular formula is C15H19N3O. The standard InChI is InChI=1S/C15H19N3O/c16-11-18-14(10-12-4-2-1-3-5-12)15(19)13-6-8-17-9-7-13/h1-5,13-14,17-18H,6-10H2/t14-/m1/s1. The number of carbonyl (C=O) groups is 1. The van der Waals surface area contributed by atoms with E-state index in [1.165, 1.54) is 0 Å². The molecule has 0 saturated carbocycles. The monoisotopic (exact) mass is 257 g/mol. The van der Waals surface area contributed by atoms with Crippen LogP contribution >= 0.6 is 0 Å². The minimum Gasteiger partial charge on any atom is -0.317 e. The van der Waals surface area contributed by atoms with Crippen LogP contribution in [0.3, 0.4) is 0 Å². The van der Waals surface area contributed by atoms with E-state index in [1.807, 2.05) is 36.5 Å². The first-order valence-electron chi connectivity index (χ1n) is 6.74. The number of ketones is 1. The lowest BCUT2D eigenvalue weighted by atomic mass is 9.87. The van der Waals surface area contributed by atoms with E-state index in [2.05, 4.69) is 10.6 Å². The average Bonchev–Trinajstić information content (AvgIpc) is 2.48. The van der Waals surface area contributed by atoms with E-state index in [9.17, 15) is 4.79 Å². The van der Waals surface area contributed by atoms with E-state index in [0.717, 1.165) is 31.5 Å². The van der Waals surface area contributed by atoms with Gasteiger partial charge in [-0.3, -0.25) is 4.79 Å². The molecule has 2 N–H and O–H groups in total. The van der Waals surface area contributed by atoms with Gasteiger partial charge in [0, 0.05) is 12.3 Å². The molecule has 0 aliphatic carbocycles. The number of nitrogens with zero attached hydrogens (tertiary/aromatic N) is 1. The van der Waals surface area contributed by atoms with Crippen LogP contribution in [0.2, 0.25) is 0 Å². The number of rotatable bonds is 5. The van der Waals surface area contributed by atoms with Crippen LogP contribution in [0.15, 0.2) is 30.3 Å². The third kappa shape index (κ3) is 3.80. The Balaban J connectivity index is 2.02. The second kappa shape index (κ2) is 6.91. The van der Waals surface area contributed by atoms with Crippen LogP contribution in [-0.4, -0.2) is 24.9 Å². The lowest BCUT2D eigenvalue weighted by Gasteiger charge is -2.25. The first-order chi connectivity index (χ1) is 9.31. The Morgan fingerprint density at radius 1 is 1.37 bits per heavy atom. The molecule has 4 heteroatoms. The maximum Gasteiger partial charge on any atom is 0.177 e. The molecule has 19 heavy (non-hydrogen) atoms. The van der Waals surface area contributed by atoms with Gasteiger partial charge in [0.2, 0.25) is 0 Å². The SMILES string of the molecule is N#CN[C@H](Cc1ccccc1)C(=O)C1CCNCC1. The van der Waals surface area contributed by atoms with Crippen LogP contribution in [0.1, 0.15) is 18.4 Å². The predicted octanol–water partition coefficient (Wildman–Crippen LogP) is 1.24. The van der Waals surface area contributed by atoms with Crippen molar-refractivity contribution in [2.24, 2.45) is 5.92 Å². The van der Waals surface area contributed by atoms with Crippen molar-refractivity contribution < 1.29 is 4.79 Å². The molecule has 1 fully saturated rings. The van der Waals surface area contributed by atoms with Gasteiger partial charge in [-0.1, -0.05) is 30.3 Å². The number of nitriles is 1. The molecule has 0 aromatic heterocycles. The molecule has 1 heterocycles. The fourth-order valence-corrected chi connectivity index (χ4v) is 2.54. The molecule has 0 amide bonds. The number of hydrogen-bond donors (Lipinski definition) is 2. The third-order valence-electron chi connectivity index (χ3n) is 3.61. The zero-order chi connectivity index (χ0) is 13.5. The van der Waals surface area contributed by atoms with Crippen molar-refractivity contribution in [2.75, 3.05) is 13.1 Å². The highest BCUT2D eigenvalue weighted by Gasteiger charge is 2.28. The lowest BCUT2D eigenvalue weighted by Crippen LogP contribution is -2.43. The number of benzene rings is 1. The molecule has 0 radical (unpaired) electrons. The Kier molecular flexibility index (Phi) is 4.93. The van der Waals surface area contributed by atoms with E-state index < -0.39 is 6.04 Å². The second-order valence-electron chi connectivity index (χ2n) is 4.93. The first-order valence-corrected chi connectivity index (χ1v) is 6.74. The first kappa shape index (κ1) is 13.6. The van der Waals surface area contributed by atoms with Gasteiger partial charge in [0.1, 0.15) is 0 Å². The summed E-state index contributed by atoms with van der Waals surface area (Å²) in [5.41, 5.74) is 1.08. The van der Waals surface area contributed by atoms with Gasteiger partial charge in [-0.05, 0) is 31.5 Å². The predicted molar refractivity (Wildman–Crippen MR) is 73.3 cm³/mol. The summed E-state index contributed by atoms with van der Waals surface area (Å²) >= 11 is 0. The summed E-state index contributed by atoms with van der Waals surface area (Å²) in [4.78, 5) is 12.5. The number of carbonyl (C=O) groups excluding carboxylic acids is 1. The smallest absolute Gasteiger partial charge is 0.177 e. The molecule has 1 saturated heterocycles. The molecule has 1 atom stereocenters. The van der Waals surface area contributed by atoms with Crippen molar-refractivity contribution in [3.05, 3.63) is 35.9 Å². The van der Waals surface area contributed by atoms with Crippen LogP contribution < -0.4 is 10.6 Å². The fraction of sp³-hybridized carbons (Fsp3) is 0.467. The highest BCUT2D eigenvalue weighted by molar-refractivity contribution is 5.87. The van der Waals surface area contributed by atoms with E-state index in [1.54, 1.807) is 0 Å². The number of hydrogen-bond acceptors (Lipinski definition) is 4. The highest BCUT2D eigenvalue weighted by Crippen LogP contribution is 2.16. The summed E-state index contributed by atoms with van der Waals surface area (Å²) in [6.07, 6.45) is 4.25. The van der Waals surface area contributed by atoms with Crippen LogP contribution in [0, 0.1) is 17.4 Å². The Morgan fingerprint density at radius 3 is 2.68 bits per heavy atom. The van der Waals surface area contributed by atoms with Crippen molar-refractivity contribution in [3.63, 3.8) is 0 Å². The topological polar surface area (TPSA) is 64.9 Å². The van der Waals surface area contributed by atoms with Crippen molar-refractivity contribution in [2.45, 2.75) is 25.3 Å². The molecule has 1 aliphatic rings. The zero-order valence-corrected chi connectivity index (χ0v) is 10.9. The van der Waals surface area contributed by atoms with Crippen molar-refractivity contribution in [3.8, 4) is 6.19 Å². The molecule has 0 bridgehead atoms. The number of nitrogens with one attached hydrogen (secondary N) is 2. The molecule has 2 rings (SSSR count). The van der Waals surface area contributed by atoms with Gasteiger partial charge in [-0.25, -0.2) is 0 Å². The van der Waals surface area contributed by atoms with E-state index in [-0.39, 0.29) is 11.7 Å². The van der Waals surface area contributed by atoms with Gasteiger partial charge in [-0.15, -0.1) is 0 Å². The van der Waals surface area contributed by atoms with Gasteiger partial charge in [-0.2, -0.15) is 5.26 Å². The third-order valence-corrected chi connectivity index (χ3v) is 3.61. The summed E-state index contributed by atoms with van der Waals surface area (Å²) in [7, 11) is 0.